The molecule has 25 heavy (non-hydrogen) atoms. The van der Waals surface area contributed by atoms with Crippen molar-refractivity contribution < 1.29 is 14.3 Å². The summed E-state index contributed by atoms with van der Waals surface area (Å²) in [4.78, 5) is 23.8. The number of nitrogens with one attached hydrogen (secondary N) is 2. The molecular formula is C20H24N2O3. The van der Waals surface area contributed by atoms with Crippen molar-refractivity contribution in [3.05, 3.63) is 59.7 Å². The lowest BCUT2D eigenvalue weighted by atomic mass is 10.1. The van der Waals surface area contributed by atoms with Gasteiger partial charge in [0.05, 0.1) is 6.10 Å². The quantitative estimate of drug-likeness (QED) is 0.759. The zero-order valence-corrected chi connectivity index (χ0v) is 14.8. The van der Waals surface area contributed by atoms with Crippen LogP contribution in [0.1, 0.15) is 31.4 Å². The van der Waals surface area contributed by atoms with E-state index in [0.29, 0.717) is 12.2 Å². The maximum atomic E-state index is 11.9. The van der Waals surface area contributed by atoms with E-state index in [1.165, 1.54) is 0 Å². The molecule has 5 nitrogen and oxygen atoms in total. The zero-order chi connectivity index (χ0) is 18.2. The molecule has 132 valence electrons. The second-order valence-electron chi connectivity index (χ2n) is 6.18. The average Bonchev–Trinajstić information content (AvgIpc) is 2.54. The lowest BCUT2D eigenvalue weighted by Crippen LogP contribution is -2.27. The fourth-order valence-electron chi connectivity index (χ4n) is 2.33. The highest BCUT2D eigenvalue weighted by atomic mass is 16.5. The van der Waals surface area contributed by atoms with E-state index in [4.69, 9.17) is 4.74 Å². The fourth-order valence-corrected chi connectivity index (χ4v) is 2.33. The van der Waals surface area contributed by atoms with Crippen LogP contribution >= 0.6 is 0 Å². The summed E-state index contributed by atoms with van der Waals surface area (Å²) in [6.45, 7) is 6.31. The molecule has 2 N–H and O–H groups in total. The van der Waals surface area contributed by atoms with E-state index in [1.807, 2.05) is 45.0 Å². The number of rotatable bonds is 7. The van der Waals surface area contributed by atoms with Crippen molar-refractivity contribution in [2.45, 2.75) is 39.8 Å². The number of hydrogen-bond acceptors (Lipinski definition) is 3. The van der Waals surface area contributed by atoms with Crippen LogP contribution in [0.3, 0.4) is 0 Å². The summed E-state index contributed by atoms with van der Waals surface area (Å²) in [5.41, 5.74) is 2.77. The minimum Gasteiger partial charge on any atom is -0.491 e. The molecule has 0 radical (unpaired) electrons. The third-order valence-electron chi connectivity index (χ3n) is 3.40. The number of carbonyl (C=O) groups is 2. The van der Waals surface area contributed by atoms with Crippen molar-refractivity contribution in [1.82, 2.24) is 5.32 Å². The van der Waals surface area contributed by atoms with Gasteiger partial charge in [0.25, 0.3) is 0 Å². The molecule has 0 aliphatic heterocycles. The molecule has 0 aliphatic rings. The first-order valence-corrected chi connectivity index (χ1v) is 8.31. The Hall–Kier alpha value is -2.82. The van der Waals surface area contributed by atoms with Gasteiger partial charge in [-0.3, -0.25) is 9.59 Å². The van der Waals surface area contributed by atoms with E-state index in [-0.39, 0.29) is 24.3 Å². The summed E-state index contributed by atoms with van der Waals surface area (Å²) < 4.78 is 5.54. The summed E-state index contributed by atoms with van der Waals surface area (Å²) in [6.07, 6.45) is -0.117. The van der Waals surface area contributed by atoms with Crippen LogP contribution in [-0.2, 0) is 16.1 Å². The van der Waals surface area contributed by atoms with Gasteiger partial charge in [0.2, 0.25) is 11.8 Å². The van der Waals surface area contributed by atoms with E-state index in [9.17, 15) is 9.59 Å². The van der Waals surface area contributed by atoms with Crippen molar-refractivity contribution in [3.63, 3.8) is 0 Å². The second-order valence-corrected chi connectivity index (χ2v) is 6.18. The number of anilines is 1. The van der Waals surface area contributed by atoms with Crippen molar-refractivity contribution in [3.8, 4) is 5.75 Å². The van der Waals surface area contributed by atoms with Crippen LogP contribution in [0.2, 0.25) is 0 Å². The van der Waals surface area contributed by atoms with Crippen molar-refractivity contribution in [1.29, 1.82) is 0 Å². The minimum atomic E-state index is -0.348. The van der Waals surface area contributed by atoms with Crippen LogP contribution in [0.4, 0.5) is 5.69 Å². The summed E-state index contributed by atoms with van der Waals surface area (Å²) in [7, 11) is 0. The molecule has 0 fully saturated rings. The number of hydrogen-bond donors (Lipinski definition) is 2. The lowest BCUT2D eigenvalue weighted by Gasteiger charge is -2.11. The molecule has 2 amide bonds. The Morgan fingerprint density at radius 2 is 1.76 bits per heavy atom. The van der Waals surface area contributed by atoms with Gasteiger partial charge in [-0.15, -0.1) is 0 Å². The first-order valence-electron chi connectivity index (χ1n) is 8.31. The van der Waals surface area contributed by atoms with Crippen molar-refractivity contribution in [2.24, 2.45) is 0 Å². The van der Waals surface area contributed by atoms with Crippen molar-refractivity contribution >= 4 is 17.5 Å². The molecule has 0 unspecified atom stereocenters. The third kappa shape index (κ3) is 6.67. The van der Waals surface area contributed by atoms with Crippen LogP contribution in [-0.4, -0.2) is 17.9 Å². The highest BCUT2D eigenvalue weighted by Crippen LogP contribution is 2.17. The first kappa shape index (κ1) is 18.5. The molecule has 5 heteroatoms. The monoisotopic (exact) mass is 340 g/mol. The summed E-state index contributed by atoms with van der Waals surface area (Å²) >= 11 is 0. The highest BCUT2D eigenvalue weighted by Gasteiger charge is 2.10. The van der Waals surface area contributed by atoms with Gasteiger partial charge in [0, 0.05) is 12.2 Å². The molecule has 0 atom stereocenters. The van der Waals surface area contributed by atoms with Gasteiger partial charge in [-0.25, -0.2) is 0 Å². The number of ether oxygens (including phenoxy) is 1. The molecule has 2 rings (SSSR count). The predicted octanol–water partition coefficient (Wildman–Crippen LogP) is 3.43. The van der Waals surface area contributed by atoms with E-state index >= 15 is 0 Å². The third-order valence-corrected chi connectivity index (χ3v) is 3.40. The Morgan fingerprint density at radius 1 is 1.04 bits per heavy atom. The Labute approximate surface area is 148 Å². The number of aryl methyl sites for hydroxylation is 1. The van der Waals surface area contributed by atoms with Gasteiger partial charge in [-0.1, -0.05) is 29.8 Å². The van der Waals surface area contributed by atoms with E-state index < -0.39 is 0 Å². The molecule has 0 bridgehead atoms. The Bertz CT molecular complexity index is 724. The number of carbonyl (C=O) groups excluding carboxylic acids is 2. The molecular weight excluding hydrogens is 316 g/mol. The second kappa shape index (κ2) is 8.87. The smallest absolute Gasteiger partial charge is 0.233 e. The summed E-state index contributed by atoms with van der Waals surface area (Å²) in [5.74, 6) is 0.0851. The standard InChI is InChI=1S/C20H24N2O3/c1-14(2)25-18-9-7-17(8-10-18)22-20(24)12-19(23)21-13-16-6-4-5-15(3)11-16/h4-11,14H,12-13H2,1-3H3,(H,21,23)(H,22,24). The van der Waals surface area contributed by atoms with E-state index in [1.54, 1.807) is 24.3 Å². The van der Waals surface area contributed by atoms with Gasteiger partial charge in [0.1, 0.15) is 12.2 Å². The summed E-state index contributed by atoms with van der Waals surface area (Å²) in [6, 6.07) is 14.9. The van der Waals surface area contributed by atoms with Gasteiger partial charge in [-0.2, -0.15) is 0 Å². The summed E-state index contributed by atoms with van der Waals surface area (Å²) in [5, 5.41) is 5.46. The zero-order valence-electron chi connectivity index (χ0n) is 14.8. The predicted molar refractivity (Wildman–Crippen MR) is 98.5 cm³/mol. The topological polar surface area (TPSA) is 67.4 Å². The average molecular weight is 340 g/mol. The van der Waals surface area contributed by atoms with Crippen LogP contribution in [0, 0.1) is 6.92 Å². The van der Waals surface area contributed by atoms with Gasteiger partial charge in [0.15, 0.2) is 0 Å². The number of benzene rings is 2. The molecule has 0 aromatic heterocycles. The fraction of sp³-hybridized carbons (Fsp3) is 0.300. The molecule has 2 aromatic carbocycles. The Balaban J connectivity index is 1.78. The first-order chi connectivity index (χ1) is 11.9. The van der Waals surface area contributed by atoms with Crippen LogP contribution in [0.15, 0.2) is 48.5 Å². The molecule has 0 heterocycles. The maximum Gasteiger partial charge on any atom is 0.233 e. The molecule has 0 aliphatic carbocycles. The Morgan fingerprint density at radius 3 is 2.40 bits per heavy atom. The van der Waals surface area contributed by atoms with Gasteiger partial charge < -0.3 is 15.4 Å². The van der Waals surface area contributed by atoms with Crippen LogP contribution in [0.25, 0.3) is 0 Å². The van der Waals surface area contributed by atoms with E-state index in [2.05, 4.69) is 10.6 Å². The molecule has 2 aromatic rings. The molecule has 0 saturated carbocycles. The van der Waals surface area contributed by atoms with E-state index in [0.717, 1.165) is 16.9 Å². The molecule has 0 saturated heterocycles. The number of amides is 2. The van der Waals surface area contributed by atoms with Crippen LogP contribution < -0.4 is 15.4 Å². The highest BCUT2D eigenvalue weighted by molar-refractivity contribution is 6.03. The van der Waals surface area contributed by atoms with Gasteiger partial charge in [-0.05, 0) is 50.6 Å². The largest absolute Gasteiger partial charge is 0.491 e. The SMILES string of the molecule is Cc1cccc(CNC(=O)CC(=O)Nc2ccc(OC(C)C)cc2)c1. The maximum absolute atomic E-state index is 11.9. The Kier molecular flexibility index (Phi) is 6.57. The molecule has 0 spiro atoms. The van der Waals surface area contributed by atoms with Crippen LogP contribution in [0.5, 0.6) is 5.75 Å². The van der Waals surface area contributed by atoms with Gasteiger partial charge >= 0.3 is 0 Å². The van der Waals surface area contributed by atoms with Crippen molar-refractivity contribution in [2.75, 3.05) is 5.32 Å². The lowest BCUT2D eigenvalue weighted by molar-refractivity contribution is -0.126. The normalized spacial score (nSPS) is 10.4. The minimum absolute atomic E-state index is 0.0949.